The number of nitrogens with zero attached hydrogens (tertiary/aromatic N) is 4. The first-order valence-electron chi connectivity index (χ1n) is 12.8. The van der Waals surface area contributed by atoms with Gasteiger partial charge >= 0.3 is 6.09 Å². The molecule has 13 heteroatoms. The molecule has 13 nitrogen and oxygen atoms in total. The summed E-state index contributed by atoms with van der Waals surface area (Å²) in [5, 5.41) is 6.25. The topological polar surface area (TPSA) is 161 Å². The smallest absolute Gasteiger partial charge is 0.411 e. The van der Waals surface area contributed by atoms with Crippen molar-refractivity contribution in [1.29, 1.82) is 0 Å². The highest BCUT2D eigenvalue weighted by Crippen LogP contribution is 2.45. The Bertz CT molecular complexity index is 1210. The molecule has 0 aromatic heterocycles. The van der Waals surface area contributed by atoms with Crippen molar-refractivity contribution < 1.29 is 38.1 Å². The first kappa shape index (κ1) is 30.5. The molecule has 2 amide bonds. The van der Waals surface area contributed by atoms with Crippen LogP contribution in [0.25, 0.3) is 16.0 Å². The third kappa shape index (κ3) is 6.74. The maximum atomic E-state index is 14.4. The first-order valence-corrected chi connectivity index (χ1v) is 12.8. The number of ketones is 1. The fraction of sp³-hybridized carbons (Fsp3) is 0.519. The van der Waals surface area contributed by atoms with Crippen LogP contribution in [0.15, 0.2) is 41.2 Å². The van der Waals surface area contributed by atoms with Crippen molar-refractivity contribution >= 4 is 29.0 Å². The Morgan fingerprint density at radius 1 is 1.23 bits per heavy atom. The molecule has 0 unspecified atom stereocenters. The molecule has 40 heavy (non-hydrogen) atoms. The minimum Gasteiger partial charge on any atom is -0.499 e. The average Bonchev–Trinajstić information content (AvgIpc) is 3.44. The molecule has 0 radical (unpaired) electrons. The summed E-state index contributed by atoms with van der Waals surface area (Å²) in [6, 6.07) is 4.65. The van der Waals surface area contributed by atoms with Crippen molar-refractivity contribution in [2.45, 2.75) is 31.7 Å². The van der Waals surface area contributed by atoms with Gasteiger partial charge in [-0.3, -0.25) is 14.9 Å². The number of ether oxygens (including phenoxy) is 5. The minimum absolute atomic E-state index is 0.102. The van der Waals surface area contributed by atoms with Crippen LogP contribution in [0, 0.1) is 5.41 Å². The summed E-state index contributed by atoms with van der Waals surface area (Å²) in [4.78, 5) is 44.6. The Labute approximate surface area is 232 Å². The van der Waals surface area contributed by atoms with Gasteiger partial charge < -0.3 is 28.6 Å². The van der Waals surface area contributed by atoms with Crippen molar-refractivity contribution in [2.75, 3.05) is 60.2 Å². The quantitative estimate of drug-likeness (QED) is 0.125. The Morgan fingerprint density at radius 3 is 2.70 bits per heavy atom. The molecule has 2 aliphatic rings. The fourth-order valence-corrected chi connectivity index (χ4v) is 5.06. The molecule has 1 fully saturated rings. The van der Waals surface area contributed by atoms with Crippen molar-refractivity contribution in [3.8, 4) is 5.75 Å². The van der Waals surface area contributed by atoms with Crippen LogP contribution in [-0.2, 0) is 28.5 Å². The second-order valence-corrected chi connectivity index (χ2v) is 9.26. The van der Waals surface area contributed by atoms with Gasteiger partial charge in [0.15, 0.2) is 5.78 Å². The van der Waals surface area contributed by atoms with Crippen LogP contribution in [0.3, 0.4) is 0 Å². The Hall–Kier alpha value is -4.06. The highest BCUT2D eigenvalue weighted by molar-refractivity contribution is 6.29. The van der Waals surface area contributed by atoms with Crippen LogP contribution in [0.1, 0.15) is 31.2 Å². The third-order valence-corrected chi connectivity index (χ3v) is 6.94. The zero-order valence-electron chi connectivity index (χ0n) is 23.2. The van der Waals surface area contributed by atoms with Gasteiger partial charge in [0.25, 0.3) is 0 Å². The molecule has 1 aliphatic carbocycles. The third-order valence-electron chi connectivity index (χ3n) is 6.94. The number of methoxy groups -OCH3 is 4. The number of anilines is 1. The van der Waals surface area contributed by atoms with Gasteiger partial charge in [0.2, 0.25) is 5.91 Å². The van der Waals surface area contributed by atoms with E-state index >= 15 is 0 Å². The predicted molar refractivity (Wildman–Crippen MR) is 145 cm³/mol. The summed E-state index contributed by atoms with van der Waals surface area (Å²) in [5.41, 5.74) is 8.24. The molecule has 1 aliphatic heterocycles. The predicted octanol–water partition coefficient (Wildman–Crippen LogP) is 4.06. The van der Waals surface area contributed by atoms with Crippen molar-refractivity contribution in [1.82, 2.24) is 4.90 Å². The SMILES string of the molecule is COCOC[C@@H]1CCCN1C(=O)[C@]1(CCCN=[N+]=[N-])C=C(c2ccc(OC)cc2NC(=O)OC)C(=O)C=C1OC. The minimum atomic E-state index is -1.38. The number of allylic oxidation sites excluding steroid dienone is 2. The molecule has 2 atom stereocenters. The van der Waals surface area contributed by atoms with E-state index in [2.05, 4.69) is 15.3 Å². The summed E-state index contributed by atoms with van der Waals surface area (Å²) in [6.45, 7) is 1.05. The van der Waals surface area contributed by atoms with Gasteiger partial charge in [0.05, 0.1) is 39.7 Å². The number of azide groups is 1. The van der Waals surface area contributed by atoms with Crippen LogP contribution in [0.4, 0.5) is 10.5 Å². The summed E-state index contributed by atoms with van der Waals surface area (Å²) < 4.78 is 26.3. The van der Waals surface area contributed by atoms with E-state index in [-0.39, 0.29) is 48.7 Å². The number of rotatable bonds is 13. The molecule has 216 valence electrons. The van der Waals surface area contributed by atoms with E-state index in [9.17, 15) is 14.4 Å². The van der Waals surface area contributed by atoms with E-state index in [0.29, 0.717) is 30.9 Å². The van der Waals surface area contributed by atoms with E-state index in [1.807, 2.05) is 0 Å². The number of amides is 2. The lowest BCUT2D eigenvalue weighted by Gasteiger charge is -2.39. The van der Waals surface area contributed by atoms with Gasteiger partial charge in [-0.2, -0.15) is 0 Å². The molecule has 1 aromatic carbocycles. The highest BCUT2D eigenvalue weighted by atomic mass is 16.7. The van der Waals surface area contributed by atoms with E-state index in [1.165, 1.54) is 34.5 Å². The molecule has 3 rings (SSSR count). The van der Waals surface area contributed by atoms with E-state index in [1.54, 1.807) is 29.2 Å². The molecule has 1 N–H and O–H groups in total. The van der Waals surface area contributed by atoms with Gasteiger partial charge in [-0.15, -0.1) is 0 Å². The number of hydrogen-bond acceptors (Lipinski definition) is 9. The van der Waals surface area contributed by atoms with Gasteiger partial charge in [-0.05, 0) is 49.4 Å². The van der Waals surface area contributed by atoms with Crippen LogP contribution >= 0.6 is 0 Å². The Balaban J connectivity index is 2.15. The van der Waals surface area contributed by atoms with Crippen LogP contribution in [0.5, 0.6) is 5.75 Å². The molecular weight excluding hydrogens is 522 g/mol. The number of hydrogen-bond donors (Lipinski definition) is 1. The average molecular weight is 558 g/mol. The summed E-state index contributed by atoms with van der Waals surface area (Å²) >= 11 is 0. The molecule has 0 saturated carbocycles. The van der Waals surface area contributed by atoms with Gasteiger partial charge in [0, 0.05) is 48.4 Å². The Morgan fingerprint density at radius 2 is 2.02 bits per heavy atom. The normalized spacial score (nSPS) is 20.2. The second kappa shape index (κ2) is 14.4. The number of benzene rings is 1. The van der Waals surface area contributed by atoms with E-state index in [0.717, 1.165) is 12.8 Å². The van der Waals surface area contributed by atoms with Gasteiger partial charge in [-0.25, -0.2) is 4.79 Å². The molecule has 1 heterocycles. The number of carbonyl (C=O) groups excluding carboxylic acids is 3. The summed E-state index contributed by atoms with van der Waals surface area (Å²) in [5.74, 6) is -0.0349. The van der Waals surface area contributed by atoms with Crippen molar-refractivity contribution in [2.24, 2.45) is 10.5 Å². The number of carbonyl (C=O) groups is 3. The standard InChI is InChI=1S/C27H35N5O8/c1-36-17-40-16-18-7-5-12-32(18)25(34)27(10-6-11-29-31-28)15-21(23(33)14-24(27)38-3)20-9-8-19(37-2)13-22(20)30-26(35)39-4/h8-9,13-15,18H,5-7,10-12,16-17H2,1-4H3,(H,30,35)/t18-,27+/m0/s1. The zero-order valence-corrected chi connectivity index (χ0v) is 23.2. The lowest BCUT2D eigenvalue weighted by Crippen LogP contribution is -2.49. The van der Waals surface area contributed by atoms with Gasteiger partial charge in [-0.1, -0.05) is 5.11 Å². The zero-order chi connectivity index (χ0) is 29.1. The highest BCUT2D eigenvalue weighted by Gasteiger charge is 2.49. The van der Waals surface area contributed by atoms with Crippen molar-refractivity contribution in [3.05, 3.63) is 52.1 Å². The number of nitrogens with one attached hydrogen (secondary N) is 1. The molecule has 0 spiro atoms. The molecule has 1 saturated heterocycles. The van der Waals surface area contributed by atoms with Gasteiger partial charge in [0.1, 0.15) is 23.7 Å². The summed E-state index contributed by atoms with van der Waals surface area (Å²) in [6.07, 6.45) is 4.26. The summed E-state index contributed by atoms with van der Waals surface area (Å²) in [7, 11) is 5.64. The molecule has 0 bridgehead atoms. The largest absolute Gasteiger partial charge is 0.499 e. The van der Waals surface area contributed by atoms with E-state index in [4.69, 9.17) is 29.2 Å². The van der Waals surface area contributed by atoms with E-state index < -0.39 is 17.3 Å². The maximum absolute atomic E-state index is 14.4. The molecular formula is C27H35N5O8. The molecule has 1 aromatic rings. The Kier molecular flexibility index (Phi) is 10.9. The van der Waals surface area contributed by atoms with Crippen molar-refractivity contribution in [3.63, 3.8) is 0 Å². The second-order valence-electron chi connectivity index (χ2n) is 9.26. The van der Waals surface area contributed by atoms with Crippen LogP contribution in [0.2, 0.25) is 0 Å². The number of likely N-dealkylation sites (tertiary alicyclic amines) is 1. The lowest BCUT2D eigenvalue weighted by atomic mass is 9.73. The lowest BCUT2D eigenvalue weighted by molar-refractivity contribution is -0.143. The first-order chi connectivity index (χ1) is 19.3. The maximum Gasteiger partial charge on any atom is 0.411 e. The van der Waals surface area contributed by atoms with Crippen LogP contribution < -0.4 is 10.1 Å². The monoisotopic (exact) mass is 557 g/mol. The van der Waals surface area contributed by atoms with Crippen LogP contribution in [-0.4, -0.2) is 83.7 Å². The fourth-order valence-electron chi connectivity index (χ4n) is 5.06.